The lowest BCUT2D eigenvalue weighted by Gasteiger charge is -2.49. The lowest BCUT2D eigenvalue weighted by atomic mass is 9.84. The van der Waals surface area contributed by atoms with E-state index in [0.717, 1.165) is 24.0 Å². The summed E-state index contributed by atoms with van der Waals surface area (Å²) < 4.78 is 90.7. The summed E-state index contributed by atoms with van der Waals surface area (Å²) in [7, 11) is 0. The Morgan fingerprint density at radius 3 is 2.32 bits per heavy atom. The molecule has 0 aromatic rings. The summed E-state index contributed by atoms with van der Waals surface area (Å²) >= 11 is 0. The van der Waals surface area contributed by atoms with Gasteiger partial charge in [-0.2, -0.15) is 0 Å². The van der Waals surface area contributed by atoms with Crippen molar-refractivity contribution in [1.29, 1.82) is 0 Å². The molecule has 0 aromatic heterocycles. The van der Waals surface area contributed by atoms with E-state index in [1.54, 1.807) is 0 Å². The second kappa shape index (κ2) is 21.1. The van der Waals surface area contributed by atoms with Gasteiger partial charge in [0.15, 0.2) is 17.7 Å². The fraction of sp³-hybridized carbons (Fsp3) is 0.909. The zero-order chi connectivity index (χ0) is 54.1. The number of carbonyl (C=O) groups is 1. The van der Waals surface area contributed by atoms with Crippen LogP contribution in [-0.2, 0) is 71.1 Å². The number of nitrogens with two attached hydrogens (primary N) is 3. The molecule has 1 spiro atoms. The quantitative estimate of drug-likeness (QED) is 0.0820. The van der Waals surface area contributed by atoms with E-state index < -0.39 is 127 Å². The topological polar surface area (TPSA) is 305 Å². The second-order valence-corrected chi connectivity index (χ2v) is 25.0. The number of rotatable bonds is 12. The van der Waals surface area contributed by atoms with Gasteiger partial charge in [0, 0.05) is 57.0 Å². The lowest BCUT2D eigenvalue weighted by molar-refractivity contribution is -0.321. The predicted molar refractivity (Wildman–Crippen MR) is 267 cm³/mol. The molecule has 0 radical (unpaired) electrons. The van der Waals surface area contributed by atoms with E-state index in [2.05, 4.69) is 13.2 Å². The normalized spacial score (nSPS) is 53.8. The Kier molecular flexibility index (Phi) is 15.3. The first kappa shape index (κ1) is 55.7. The van der Waals surface area contributed by atoms with E-state index in [9.17, 15) is 25.2 Å². The van der Waals surface area contributed by atoms with Crippen LogP contribution in [0.2, 0.25) is 0 Å². The SMILES string of the molecule is C=C1C[C@H](CC[C@]23OC([C@H]4C[C@@H](O2)C2O[C@@H](CC(=O)O[C@H]5[C@H](C)O[C@H]6C[C@H]7O[C@@]8(C[C@@H]9O[C@@](C)(O[C@H]%10C[C@@H](O)CO[C@H]%10CC)C[C@H](N)[C@@H]9O8)C[C@H]7OC6[C@@H]5N)CC[C@@H]2O4)C(O)(O)[C@H]3O)O[C@H]1CC[C@H]1C[C@@H](N)C(=C)[C@@H](C)O1. The van der Waals surface area contributed by atoms with Crippen LogP contribution in [0.5, 0.6) is 0 Å². The molecule has 434 valence electrons. The van der Waals surface area contributed by atoms with Crippen molar-refractivity contribution in [3.8, 4) is 0 Å². The molecule has 0 aromatic carbocycles. The predicted octanol–water partition coefficient (Wildman–Crippen LogP) is 1.19. The minimum Gasteiger partial charge on any atom is -0.458 e. The Morgan fingerprint density at radius 1 is 0.740 bits per heavy atom. The first-order chi connectivity index (χ1) is 36.6. The third kappa shape index (κ3) is 10.5. The van der Waals surface area contributed by atoms with Crippen LogP contribution in [0.4, 0.5) is 0 Å². The van der Waals surface area contributed by atoms with E-state index in [1.807, 2.05) is 27.7 Å². The maximum absolute atomic E-state index is 13.9. The van der Waals surface area contributed by atoms with Crippen LogP contribution in [0.3, 0.4) is 0 Å². The number of esters is 1. The minimum atomic E-state index is -2.64. The van der Waals surface area contributed by atoms with Gasteiger partial charge in [-0.15, -0.1) is 0 Å². The molecule has 22 heteroatoms. The van der Waals surface area contributed by atoms with Gasteiger partial charge in [0.05, 0.1) is 117 Å². The maximum atomic E-state index is 13.9. The van der Waals surface area contributed by atoms with E-state index in [1.165, 1.54) is 0 Å². The summed E-state index contributed by atoms with van der Waals surface area (Å²) in [6.45, 7) is 16.4. The molecule has 12 heterocycles. The Bertz CT molecular complexity index is 2180. The van der Waals surface area contributed by atoms with Crippen LogP contribution in [0, 0.1) is 0 Å². The van der Waals surface area contributed by atoms with Gasteiger partial charge in [-0.25, -0.2) is 0 Å². The molecule has 28 atom stereocenters. The zero-order valence-electron chi connectivity index (χ0n) is 45.0. The van der Waals surface area contributed by atoms with Crippen molar-refractivity contribution >= 4 is 5.97 Å². The summed E-state index contributed by atoms with van der Waals surface area (Å²) in [6, 6.07) is -1.21. The van der Waals surface area contributed by atoms with Crippen molar-refractivity contribution in [3.05, 3.63) is 24.3 Å². The number of fused-ring (bicyclic) bond motifs is 10. The smallest absolute Gasteiger partial charge is 0.308 e. The minimum absolute atomic E-state index is 0.00951. The second-order valence-electron chi connectivity index (χ2n) is 25.0. The molecule has 77 heavy (non-hydrogen) atoms. The monoisotopic (exact) mass is 1090 g/mol. The number of hydrogen-bond donors (Lipinski definition) is 7. The van der Waals surface area contributed by atoms with Gasteiger partial charge in [0.2, 0.25) is 11.6 Å². The van der Waals surface area contributed by atoms with Crippen molar-refractivity contribution in [3.63, 3.8) is 0 Å². The fourth-order valence-corrected chi connectivity index (χ4v) is 15.4. The molecule has 4 bridgehead atoms. The molecule has 12 rings (SSSR count). The van der Waals surface area contributed by atoms with Crippen LogP contribution in [0.15, 0.2) is 24.3 Å². The number of aliphatic hydroxyl groups excluding tert-OH is 2. The highest BCUT2D eigenvalue weighted by molar-refractivity contribution is 5.70. The fourth-order valence-electron chi connectivity index (χ4n) is 15.4. The van der Waals surface area contributed by atoms with E-state index in [-0.39, 0.29) is 80.7 Å². The molecule has 0 saturated carbocycles. The number of ether oxygens (including phenoxy) is 14. The summed E-state index contributed by atoms with van der Waals surface area (Å²) in [4.78, 5) is 13.9. The highest BCUT2D eigenvalue weighted by Gasteiger charge is 2.71. The summed E-state index contributed by atoms with van der Waals surface area (Å²) in [5.74, 6) is -6.96. The molecule has 0 aliphatic carbocycles. The average Bonchev–Trinajstić information content (AvgIpc) is 4.10. The van der Waals surface area contributed by atoms with Gasteiger partial charge in [0.25, 0.3) is 0 Å². The van der Waals surface area contributed by atoms with Gasteiger partial charge in [-0.3, -0.25) is 4.79 Å². The molecule has 0 amide bonds. The molecule has 22 nitrogen and oxygen atoms in total. The summed E-state index contributed by atoms with van der Waals surface area (Å²) in [6.07, 6.45) is -4.57. The lowest BCUT2D eigenvalue weighted by Crippen LogP contribution is -2.66. The van der Waals surface area contributed by atoms with Gasteiger partial charge in [0.1, 0.15) is 30.5 Å². The van der Waals surface area contributed by atoms with E-state index in [4.69, 9.17) is 83.5 Å². The van der Waals surface area contributed by atoms with Crippen molar-refractivity contribution in [1.82, 2.24) is 0 Å². The van der Waals surface area contributed by atoms with Gasteiger partial charge >= 0.3 is 5.97 Å². The molecular formula is C55H85N3O19. The van der Waals surface area contributed by atoms with Crippen molar-refractivity contribution in [2.75, 3.05) is 6.61 Å². The number of hydrogen-bond acceptors (Lipinski definition) is 22. The first-order valence-electron chi connectivity index (χ1n) is 28.9. The van der Waals surface area contributed by atoms with Crippen LogP contribution >= 0.6 is 0 Å². The average molecular weight is 1090 g/mol. The van der Waals surface area contributed by atoms with E-state index >= 15 is 0 Å². The molecule has 12 aliphatic rings. The third-order valence-corrected chi connectivity index (χ3v) is 19.3. The Hall–Kier alpha value is -1.85. The van der Waals surface area contributed by atoms with Crippen LogP contribution in [0.25, 0.3) is 0 Å². The Labute approximate surface area is 450 Å². The number of carbonyl (C=O) groups excluding carboxylic acids is 1. The van der Waals surface area contributed by atoms with Crippen LogP contribution in [0.1, 0.15) is 130 Å². The molecule has 12 aliphatic heterocycles. The zero-order valence-corrected chi connectivity index (χ0v) is 45.0. The standard InChI is InChI=1S/C55H85N3O19/c1-7-34-37(15-28(59)23-64-34)72-52(6)20-33(57)47-43(73-52)22-53(76-47)21-42-38(74-53)18-39-49(70-42)45(58)46(27(5)66-39)71-44(60)17-30-9-11-36-48(68-30)40-19-41(69-36)50-55(62,63)51(61)54(75-40,77-50)13-12-31-14-24(2)35(67-31)10-8-29-16-32(56)25(3)26(4)65-29/h26-43,45-51,59,61-63H,2-3,7-23,56-58H2,1,4-6H3/t26-,27+,28-,29+,30-,31+,32-,33+,34+,35+,36+,37+,38-,39+,40-,41-,42-,43+,45-,46+,47+,48?,49?,50?,51+,52-,53+,54-/m1/s1. The highest BCUT2D eigenvalue weighted by atomic mass is 16.8. The summed E-state index contributed by atoms with van der Waals surface area (Å²) in [5, 5.41) is 44.7. The molecule has 3 unspecified atom stereocenters. The highest BCUT2D eigenvalue weighted by Crippen LogP contribution is 2.54. The molecule has 12 saturated heterocycles. The van der Waals surface area contributed by atoms with Gasteiger partial charge in [-0.1, -0.05) is 20.1 Å². The van der Waals surface area contributed by atoms with Crippen LogP contribution in [-0.4, -0.2) is 209 Å². The largest absolute Gasteiger partial charge is 0.458 e. The van der Waals surface area contributed by atoms with Crippen molar-refractivity contribution in [2.24, 2.45) is 17.2 Å². The first-order valence-corrected chi connectivity index (χ1v) is 28.9. The molecular weight excluding hydrogens is 1010 g/mol. The van der Waals surface area contributed by atoms with Crippen molar-refractivity contribution in [2.45, 2.75) is 306 Å². The third-order valence-electron chi connectivity index (χ3n) is 19.3. The number of aliphatic hydroxyl groups is 4. The van der Waals surface area contributed by atoms with Crippen LogP contribution < -0.4 is 17.2 Å². The van der Waals surface area contributed by atoms with E-state index in [0.29, 0.717) is 70.6 Å². The Balaban J connectivity index is 0.638. The summed E-state index contributed by atoms with van der Waals surface area (Å²) in [5.41, 5.74) is 21.9. The maximum Gasteiger partial charge on any atom is 0.308 e. The molecule has 10 N–H and O–H groups in total. The van der Waals surface area contributed by atoms with Gasteiger partial charge in [-0.05, 0) is 83.3 Å². The Morgan fingerprint density at radius 2 is 1.53 bits per heavy atom. The van der Waals surface area contributed by atoms with Gasteiger partial charge < -0.3 is 104 Å². The molecule has 12 fully saturated rings. The van der Waals surface area contributed by atoms with Crippen molar-refractivity contribution < 1.29 is 91.5 Å².